The molecule has 0 aromatic carbocycles. The van der Waals surface area contributed by atoms with Gasteiger partial charge in [-0.2, -0.15) is 11.3 Å². The fourth-order valence-corrected chi connectivity index (χ4v) is 4.20. The topological polar surface area (TPSA) is 43.8 Å². The zero-order valence-corrected chi connectivity index (χ0v) is 13.2. The molecule has 2 heterocycles. The molecule has 0 bridgehead atoms. The average molecular weight is 308 g/mol. The van der Waals surface area contributed by atoms with Crippen molar-refractivity contribution >= 4 is 17.2 Å². The van der Waals surface area contributed by atoms with Crippen LogP contribution in [0.15, 0.2) is 16.8 Å². The van der Waals surface area contributed by atoms with Crippen LogP contribution >= 0.6 is 11.3 Å². The summed E-state index contributed by atoms with van der Waals surface area (Å²) in [5, 5.41) is 14.2. The van der Waals surface area contributed by atoms with Gasteiger partial charge in [0, 0.05) is 38.6 Å². The molecule has 1 amide bonds. The van der Waals surface area contributed by atoms with Crippen molar-refractivity contribution in [2.45, 2.75) is 44.2 Å². The lowest BCUT2D eigenvalue weighted by Gasteiger charge is -2.39. The third-order valence-electron chi connectivity index (χ3n) is 4.79. The zero-order valence-electron chi connectivity index (χ0n) is 12.4. The molecule has 21 heavy (non-hydrogen) atoms. The van der Waals surface area contributed by atoms with Gasteiger partial charge in [0.1, 0.15) is 0 Å². The molecule has 1 aliphatic heterocycles. The molecule has 0 spiro atoms. The van der Waals surface area contributed by atoms with E-state index in [4.69, 9.17) is 0 Å². The fraction of sp³-hybridized carbons (Fsp3) is 0.688. The van der Waals surface area contributed by atoms with E-state index in [-0.39, 0.29) is 12.0 Å². The molecule has 2 fully saturated rings. The van der Waals surface area contributed by atoms with E-state index < -0.39 is 0 Å². The van der Waals surface area contributed by atoms with Gasteiger partial charge in [-0.15, -0.1) is 0 Å². The normalized spacial score (nSPS) is 27.2. The summed E-state index contributed by atoms with van der Waals surface area (Å²) in [6.07, 6.45) is 4.47. The summed E-state index contributed by atoms with van der Waals surface area (Å²) in [5.41, 5.74) is 1.26. The first-order valence-electron chi connectivity index (χ1n) is 7.95. The van der Waals surface area contributed by atoms with Crippen LogP contribution < -0.4 is 0 Å². The first-order valence-corrected chi connectivity index (χ1v) is 8.89. The van der Waals surface area contributed by atoms with Crippen molar-refractivity contribution in [3.63, 3.8) is 0 Å². The van der Waals surface area contributed by atoms with Crippen LogP contribution in [0.4, 0.5) is 0 Å². The summed E-state index contributed by atoms with van der Waals surface area (Å²) in [6.45, 7) is 3.44. The van der Waals surface area contributed by atoms with E-state index >= 15 is 0 Å². The quantitative estimate of drug-likeness (QED) is 0.921. The number of carbonyl (C=O) groups excluding carboxylic acids is 1. The summed E-state index contributed by atoms with van der Waals surface area (Å²) in [7, 11) is 0. The van der Waals surface area contributed by atoms with E-state index in [0.29, 0.717) is 12.5 Å². The maximum absolute atomic E-state index is 12.2. The molecule has 1 N–H and O–H groups in total. The number of piperazine rings is 1. The first-order chi connectivity index (χ1) is 10.2. The Balaban J connectivity index is 1.43. The molecular formula is C16H24N2O2S. The predicted molar refractivity (Wildman–Crippen MR) is 84.4 cm³/mol. The van der Waals surface area contributed by atoms with E-state index in [2.05, 4.69) is 21.7 Å². The summed E-state index contributed by atoms with van der Waals surface area (Å²) >= 11 is 1.69. The highest BCUT2D eigenvalue weighted by Gasteiger charge is 2.33. The monoisotopic (exact) mass is 308 g/mol. The SMILES string of the molecule is O=C(CCc1ccsc1)N1CCN([C@H]2CCC[C@H]2O)CC1. The molecule has 1 aliphatic carbocycles. The fourth-order valence-electron chi connectivity index (χ4n) is 3.49. The van der Waals surface area contributed by atoms with E-state index in [9.17, 15) is 9.90 Å². The van der Waals surface area contributed by atoms with Gasteiger partial charge >= 0.3 is 0 Å². The van der Waals surface area contributed by atoms with Crippen molar-refractivity contribution in [1.29, 1.82) is 0 Å². The van der Waals surface area contributed by atoms with E-state index in [1.165, 1.54) is 5.56 Å². The minimum absolute atomic E-state index is 0.161. The average Bonchev–Trinajstić information content (AvgIpc) is 3.16. The molecule has 1 saturated heterocycles. The van der Waals surface area contributed by atoms with Gasteiger partial charge in [0.25, 0.3) is 0 Å². The summed E-state index contributed by atoms with van der Waals surface area (Å²) in [5.74, 6) is 0.271. The van der Waals surface area contributed by atoms with Crippen LogP contribution in [0.5, 0.6) is 0 Å². The van der Waals surface area contributed by atoms with Crippen molar-refractivity contribution < 1.29 is 9.90 Å². The minimum atomic E-state index is -0.161. The molecule has 0 radical (unpaired) electrons. The van der Waals surface area contributed by atoms with Crippen LogP contribution in [0.2, 0.25) is 0 Å². The number of carbonyl (C=O) groups is 1. The number of aliphatic hydroxyl groups is 1. The predicted octanol–water partition coefficient (Wildman–Crippen LogP) is 1.74. The van der Waals surface area contributed by atoms with Crippen LogP contribution in [-0.4, -0.2) is 59.1 Å². The molecule has 2 aliphatic rings. The Morgan fingerprint density at radius 3 is 2.71 bits per heavy atom. The van der Waals surface area contributed by atoms with Gasteiger partial charge in [-0.25, -0.2) is 0 Å². The number of hydrogen-bond acceptors (Lipinski definition) is 4. The Hall–Kier alpha value is -0.910. The number of nitrogens with zero attached hydrogens (tertiary/aromatic N) is 2. The lowest BCUT2D eigenvalue weighted by molar-refractivity contribution is -0.133. The van der Waals surface area contributed by atoms with Gasteiger partial charge in [-0.1, -0.05) is 0 Å². The van der Waals surface area contributed by atoms with Crippen molar-refractivity contribution in [2.24, 2.45) is 0 Å². The molecule has 3 rings (SSSR count). The van der Waals surface area contributed by atoms with Gasteiger partial charge < -0.3 is 10.0 Å². The maximum Gasteiger partial charge on any atom is 0.222 e. The Kier molecular flexibility index (Phi) is 4.93. The molecule has 5 heteroatoms. The second-order valence-electron chi connectivity index (χ2n) is 6.11. The minimum Gasteiger partial charge on any atom is -0.391 e. The van der Waals surface area contributed by atoms with Gasteiger partial charge in [0.15, 0.2) is 0 Å². The lowest BCUT2D eigenvalue weighted by atomic mass is 10.1. The molecule has 2 atom stereocenters. The van der Waals surface area contributed by atoms with Crippen LogP contribution in [0, 0.1) is 0 Å². The molecule has 4 nitrogen and oxygen atoms in total. The first kappa shape index (κ1) is 15.0. The van der Waals surface area contributed by atoms with E-state index in [1.807, 2.05) is 4.90 Å². The summed E-state index contributed by atoms with van der Waals surface area (Å²) in [6, 6.07) is 2.42. The summed E-state index contributed by atoms with van der Waals surface area (Å²) < 4.78 is 0. The molecule has 116 valence electrons. The van der Waals surface area contributed by atoms with Crippen molar-refractivity contribution in [3.8, 4) is 0 Å². The van der Waals surface area contributed by atoms with Crippen LogP contribution in [0.25, 0.3) is 0 Å². The Morgan fingerprint density at radius 1 is 1.29 bits per heavy atom. The smallest absolute Gasteiger partial charge is 0.222 e. The van der Waals surface area contributed by atoms with E-state index in [0.717, 1.165) is 51.9 Å². The van der Waals surface area contributed by atoms with Crippen molar-refractivity contribution in [2.75, 3.05) is 26.2 Å². The number of rotatable bonds is 4. The second-order valence-corrected chi connectivity index (χ2v) is 6.89. The number of hydrogen-bond donors (Lipinski definition) is 1. The van der Waals surface area contributed by atoms with Crippen molar-refractivity contribution in [3.05, 3.63) is 22.4 Å². The number of thiophene rings is 1. The standard InChI is InChI=1S/C16H24N2O2S/c19-15-3-1-2-14(15)17-7-9-18(10-8-17)16(20)5-4-13-6-11-21-12-13/h6,11-12,14-15,19H,1-5,7-10H2/t14-,15+/m0/s1. The highest BCUT2D eigenvalue weighted by atomic mass is 32.1. The molecule has 1 saturated carbocycles. The number of amides is 1. The van der Waals surface area contributed by atoms with Gasteiger partial charge in [0.2, 0.25) is 5.91 Å². The molecule has 1 aromatic rings. The van der Waals surface area contributed by atoms with Crippen LogP contribution in [-0.2, 0) is 11.2 Å². The van der Waals surface area contributed by atoms with Crippen LogP contribution in [0.3, 0.4) is 0 Å². The zero-order chi connectivity index (χ0) is 14.7. The Morgan fingerprint density at radius 2 is 2.10 bits per heavy atom. The number of aryl methyl sites for hydroxylation is 1. The van der Waals surface area contributed by atoms with Gasteiger partial charge in [-0.3, -0.25) is 9.69 Å². The number of aliphatic hydroxyl groups excluding tert-OH is 1. The van der Waals surface area contributed by atoms with E-state index in [1.54, 1.807) is 11.3 Å². The molecule has 1 aromatic heterocycles. The Labute approximate surface area is 130 Å². The van der Waals surface area contributed by atoms with Crippen LogP contribution in [0.1, 0.15) is 31.2 Å². The highest BCUT2D eigenvalue weighted by molar-refractivity contribution is 7.07. The Bertz CT molecular complexity index is 455. The third-order valence-corrected chi connectivity index (χ3v) is 5.52. The van der Waals surface area contributed by atoms with Gasteiger partial charge in [-0.05, 0) is 48.1 Å². The van der Waals surface area contributed by atoms with Crippen molar-refractivity contribution in [1.82, 2.24) is 9.80 Å². The maximum atomic E-state index is 12.2. The largest absolute Gasteiger partial charge is 0.391 e. The lowest BCUT2D eigenvalue weighted by Crippen LogP contribution is -2.53. The molecular weight excluding hydrogens is 284 g/mol. The summed E-state index contributed by atoms with van der Waals surface area (Å²) in [4.78, 5) is 16.6. The van der Waals surface area contributed by atoms with Gasteiger partial charge in [0.05, 0.1) is 6.10 Å². The second kappa shape index (κ2) is 6.90. The highest BCUT2D eigenvalue weighted by Crippen LogP contribution is 2.25. The molecule has 0 unspecified atom stereocenters. The third kappa shape index (κ3) is 3.65.